The van der Waals surface area contributed by atoms with Crippen LogP contribution in [-0.2, 0) is 34.2 Å². The van der Waals surface area contributed by atoms with E-state index in [1.165, 1.54) is 0 Å². The predicted octanol–water partition coefficient (Wildman–Crippen LogP) is 4.55. The second kappa shape index (κ2) is 17.9. The molecule has 0 aliphatic rings. The minimum atomic E-state index is -4.10. The first-order valence-electron chi connectivity index (χ1n) is 18.0. The summed E-state index contributed by atoms with van der Waals surface area (Å²) >= 11 is 0. The first-order chi connectivity index (χ1) is 26.7. The molecule has 6 aromatic carbocycles. The largest absolute Gasteiger partial charge is 0.488 e. The van der Waals surface area contributed by atoms with Crippen LogP contribution in [0.5, 0.6) is 0 Å². The monoisotopic (exact) mass is 820 g/mol. The summed E-state index contributed by atoms with van der Waals surface area (Å²) in [6.45, 7) is 3.78. The molecule has 6 aromatic rings. The van der Waals surface area contributed by atoms with Crippen molar-refractivity contribution >= 4 is 74.4 Å². The Hall–Kier alpha value is -3.92. The topological polar surface area (TPSA) is 73.8 Å². The molecule has 0 amide bonds. The maximum absolute atomic E-state index is 8.25. The average Bonchev–Trinajstić information content (AvgIpc) is 3.27. The van der Waals surface area contributed by atoms with Crippen LogP contribution in [0, 0.1) is 0 Å². The highest BCUT2D eigenvalue weighted by atomic mass is 28.5. The second-order valence-corrected chi connectivity index (χ2v) is 28.5. The van der Waals surface area contributed by atoms with Crippen LogP contribution < -0.4 is 31.1 Å². The van der Waals surface area contributed by atoms with E-state index in [9.17, 15) is 0 Å². The Balaban J connectivity index is 1.79. The molecule has 0 unspecified atom stereocenters. The van der Waals surface area contributed by atoms with Crippen molar-refractivity contribution < 1.29 is 34.2 Å². The summed E-state index contributed by atoms with van der Waals surface area (Å²) in [5.41, 5.74) is 0. The lowest BCUT2D eigenvalue weighted by Gasteiger charge is -2.48. The highest BCUT2D eigenvalue weighted by molar-refractivity contribution is 7.11. The van der Waals surface area contributed by atoms with Crippen LogP contribution in [0.2, 0.25) is 13.1 Å². The third-order valence-electron chi connectivity index (χ3n) is 9.64. The molecular weight excluding hydrogens is 773 g/mol. The normalized spacial score (nSPS) is 12.8. The van der Waals surface area contributed by atoms with E-state index in [1.807, 2.05) is 122 Å². The molecular formula is C42H48O8Si5. The highest BCUT2D eigenvalue weighted by Gasteiger charge is 2.63. The highest BCUT2D eigenvalue weighted by Crippen LogP contribution is 2.29. The van der Waals surface area contributed by atoms with Crippen molar-refractivity contribution in [3.63, 3.8) is 0 Å². The van der Waals surface area contributed by atoms with Gasteiger partial charge >= 0.3 is 43.3 Å². The van der Waals surface area contributed by atoms with Gasteiger partial charge in [-0.15, -0.1) is 0 Å². The van der Waals surface area contributed by atoms with Crippen LogP contribution in [-0.4, -0.2) is 71.7 Å². The minimum absolute atomic E-state index is 0.859. The van der Waals surface area contributed by atoms with Crippen LogP contribution in [0.25, 0.3) is 0 Å². The van der Waals surface area contributed by atoms with Crippen molar-refractivity contribution in [2.24, 2.45) is 0 Å². The van der Waals surface area contributed by atoms with E-state index in [4.69, 9.17) is 34.2 Å². The Bertz CT molecular complexity index is 1810. The lowest BCUT2D eigenvalue weighted by atomic mass is 10.4. The summed E-state index contributed by atoms with van der Waals surface area (Å²) in [6, 6.07) is 60.9. The maximum atomic E-state index is 8.25. The lowest BCUT2D eigenvalue weighted by Crippen LogP contribution is -2.82. The van der Waals surface area contributed by atoms with E-state index in [1.54, 1.807) is 28.4 Å². The van der Waals surface area contributed by atoms with Crippen molar-refractivity contribution in [1.29, 1.82) is 0 Å². The van der Waals surface area contributed by atoms with E-state index >= 15 is 0 Å². The zero-order chi connectivity index (χ0) is 38.8. The Morgan fingerprint density at radius 1 is 0.255 bits per heavy atom. The number of benzene rings is 6. The molecule has 0 bridgehead atoms. The Morgan fingerprint density at radius 2 is 0.418 bits per heavy atom. The molecule has 0 heterocycles. The second-order valence-electron chi connectivity index (χ2n) is 13.0. The Morgan fingerprint density at radius 3 is 0.582 bits per heavy atom. The lowest BCUT2D eigenvalue weighted by molar-refractivity contribution is 0.150. The fraction of sp³-hybridized carbons (Fsp3) is 0.143. The molecule has 0 radical (unpaired) electrons. The predicted molar refractivity (Wildman–Crippen MR) is 229 cm³/mol. The number of rotatable bonds is 18. The van der Waals surface area contributed by atoms with Crippen molar-refractivity contribution in [2.75, 3.05) is 28.4 Å². The van der Waals surface area contributed by atoms with Crippen molar-refractivity contribution in [3.05, 3.63) is 182 Å². The molecule has 55 heavy (non-hydrogen) atoms. The van der Waals surface area contributed by atoms with Gasteiger partial charge in [-0.1, -0.05) is 182 Å². The summed E-state index contributed by atoms with van der Waals surface area (Å²) in [5.74, 6) is 0. The van der Waals surface area contributed by atoms with Gasteiger partial charge in [-0.05, 0) is 31.1 Å². The zero-order valence-corrected chi connectivity index (χ0v) is 37.1. The summed E-state index contributed by atoms with van der Waals surface area (Å²) < 4.78 is 55.9. The Kier molecular flexibility index (Phi) is 13.3. The van der Waals surface area contributed by atoms with E-state index in [2.05, 4.69) is 72.8 Å². The van der Waals surface area contributed by atoms with Gasteiger partial charge in [0.05, 0.1) is 0 Å². The standard InChI is InChI=1S/C42H48O8Si5/c1-43-51(5,44-2)47-53(37-25-13-7-14-26-37,38-27-15-8-16-28-38)49-55(41-33-21-11-22-34-41,42-35-23-12-24-36-42)50-54(39-29-17-9-18-30-39,40-31-19-10-20-32-40)48-52(6,45-3)46-4/h7-36H,1-6H3. The van der Waals surface area contributed by atoms with Crippen molar-refractivity contribution in [2.45, 2.75) is 13.1 Å². The third kappa shape index (κ3) is 8.59. The van der Waals surface area contributed by atoms with Crippen LogP contribution >= 0.6 is 0 Å². The van der Waals surface area contributed by atoms with Gasteiger partial charge in [0, 0.05) is 41.5 Å². The Labute approximate surface area is 330 Å². The molecule has 0 spiro atoms. The average molecular weight is 821 g/mol. The van der Waals surface area contributed by atoms with Gasteiger partial charge < -0.3 is 34.2 Å². The van der Waals surface area contributed by atoms with Gasteiger partial charge in [0.2, 0.25) is 0 Å². The maximum Gasteiger partial charge on any atom is 0.488 e. The molecule has 0 saturated carbocycles. The molecule has 8 nitrogen and oxygen atoms in total. The summed E-state index contributed by atoms with van der Waals surface area (Å²) in [5, 5.41) is 5.17. The van der Waals surface area contributed by atoms with Crippen LogP contribution in [0.3, 0.4) is 0 Å². The van der Waals surface area contributed by atoms with Crippen LogP contribution in [0.15, 0.2) is 182 Å². The van der Waals surface area contributed by atoms with Gasteiger partial charge in [0.25, 0.3) is 0 Å². The number of hydrogen-bond donors (Lipinski definition) is 0. The molecule has 0 N–H and O–H groups in total. The van der Waals surface area contributed by atoms with E-state index < -0.39 is 43.3 Å². The number of hydrogen-bond acceptors (Lipinski definition) is 8. The first kappa shape index (κ1) is 40.7. The minimum Gasteiger partial charge on any atom is -0.402 e. The molecule has 0 aromatic heterocycles. The third-order valence-corrected chi connectivity index (χ3v) is 29.0. The molecule has 0 fully saturated rings. The van der Waals surface area contributed by atoms with Crippen molar-refractivity contribution in [1.82, 2.24) is 0 Å². The quantitative estimate of drug-likeness (QED) is 0.117. The zero-order valence-electron chi connectivity index (χ0n) is 32.1. The summed E-state index contributed by atoms with van der Waals surface area (Å²) in [4.78, 5) is 0. The molecule has 0 atom stereocenters. The van der Waals surface area contributed by atoms with Gasteiger partial charge in [-0.3, -0.25) is 0 Å². The van der Waals surface area contributed by atoms with Gasteiger partial charge in [-0.25, -0.2) is 0 Å². The summed E-state index contributed by atoms with van der Waals surface area (Å²) in [7, 11) is -12.3. The SMILES string of the molecule is CO[Si](C)(OC)O[Si](O[Si](O[Si](O[Si](C)(OC)OC)(c1ccccc1)c1ccccc1)(c1ccccc1)c1ccccc1)(c1ccccc1)c1ccccc1. The van der Waals surface area contributed by atoms with E-state index in [0.29, 0.717) is 0 Å². The molecule has 13 heteroatoms. The molecule has 6 rings (SSSR count). The molecule has 284 valence electrons. The molecule has 0 aliphatic carbocycles. The smallest absolute Gasteiger partial charge is 0.402 e. The van der Waals surface area contributed by atoms with Gasteiger partial charge in [0.1, 0.15) is 0 Å². The van der Waals surface area contributed by atoms with Crippen LogP contribution in [0.4, 0.5) is 0 Å². The molecule has 0 aliphatic heterocycles. The first-order valence-corrected chi connectivity index (χ1v) is 27.9. The van der Waals surface area contributed by atoms with E-state index in [-0.39, 0.29) is 0 Å². The molecule has 0 saturated heterocycles. The van der Waals surface area contributed by atoms with Gasteiger partial charge in [0.15, 0.2) is 0 Å². The van der Waals surface area contributed by atoms with E-state index in [0.717, 1.165) is 31.1 Å². The summed E-state index contributed by atoms with van der Waals surface area (Å²) in [6.07, 6.45) is 0. The fourth-order valence-electron chi connectivity index (χ4n) is 6.48. The van der Waals surface area contributed by atoms with Gasteiger partial charge in [-0.2, -0.15) is 0 Å². The van der Waals surface area contributed by atoms with Crippen molar-refractivity contribution in [3.8, 4) is 0 Å². The fourth-order valence-corrected chi connectivity index (χ4v) is 27.6. The van der Waals surface area contributed by atoms with Crippen LogP contribution in [0.1, 0.15) is 0 Å².